The second kappa shape index (κ2) is 6.50. The predicted molar refractivity (Wildman–Crippen MR) is 86.6 cm³/mol. The highest BCUT2D eigenvalue weighted by Gasteiger charge is 2.38. The van der Waals surface area contributed by atoms with E-state index in [0.29, 0.717) is 6.04 Å². The summed E-state index contributed by atoms with van der Waals surface area (Å²) in [7, 11) is 0. The highest BCUT2D eigenvalue weighted by Crippen LogP contribution is 2.37. The molecular formula is C18H26N2O. The summed E-state index contributed by atoms with van der Waals surface area (Å²) in [5.74, 6) is 0.974. The monoisotopic (exact) mass is 286 g/mol. The Morgan fingerprint density at radius 2 is 2.05 bits per heavy atom. The van der Waals surface area contributed by atoms with Crippen molar-refractivity contribution in [2.75, 3.05) is 18.4 Å². The molecule has 0 aromatic heterocycles. The van der Waals surface area contributed by atoms with Crippen molar-refractivity contribution < 1.29 is 4.79 Å². The van der Waals surface area contributed by atoms with E-state index in [1.54, 1.807) is 0 Å². The number of fused-ring (bicyclic) bond motifs is 1. The zero-order chi connectivity index (χ0) is 14.7. The van der Waals surface area contributed by atoms with E-state index in [0.717, 1.165) is 36.7 Å². The van der Waals surface area contributed by atoms with Crippen LogP contribution in [0.2, 0.25) is 0 Å². The molecule has 2 aliphatic rings. The lowest BCUT2D eigenvalue weighted by atomic mass is 9.85. The maximum absolute atomic E-state index is 13.0. The summed E-state index contributed by atoms with van der Waals surface area (Å²) in [6, 6.07) is 8.46. The van der Waals surface area contributed by atoms with Crippen LogP contribution in [0.1, 0.15) is 55.8 Å². The van der Waals surface area contributed by atoms with Gasteiger partial charge in [0.2, 0.25) is 0 Å². The lowest BCUT2D eigenvalue weighted by molar-refractivity contribution is 0.0691. The molecule has 2 unspecified atom stereocenters. The van der Waals surface area contributed by atoms with Gasteiger partial charge in [-0.25, -0.2) is 0 Å². The molecule has 1 heterocycles. The van der Waals surface area contributed by atoms with E-state index < -0.39 is 0 Å². The third-order valence-electron chi connectivity index (χ3n) is 4.99. The summed E-state index contributed by atoms with van der Waals surface area (Å²) in [6.45, 7) is 4.00. The number of anilines is 1. The Kier molecular flexibility index (Phi) is 4.47. The van der Waals surface area contributed by atoms with Crippen LogP contribution in [-0.4, -0.2) is 29.9 Å². The average molecular weight is 286 g/mol. The standard InChI is InChI=1S/C18H26N2O/c1-2-12-19-16-9-5-4-8-15(16)18(21)20-13-11-14-7-3-6-10-17(14)20/h4-5,8-9,14,17,19H,2-3,6-7,10-13H2,1H3. The molecule has 1 aliphatic heterocycles. The Morgan fingerprint density at radius 3 is 2.90 bits per heavy atom. The normalized spacial score (nSPS) is 24.7. The average Bonchev–Trinajstić information content (AvgIpc) is 2.96. The smallest absolute Gasteiger partial charge is 0.256 e. The lowest BCUT2D eigenvalue weighted by Gasteiger charge is -2.32. The second-order valence-corrected chi connectivity index (χ2v) is 6.37. The predicted octanol–water partition coefficient (Wildman–Crippen LogP) is 3.91. The van der Waals surface area contributed by atoms with E-state index in [1.165, 1.54) is 32.1 Å². The number of hydrogen-bond acceptors (Lipinski definition) is 2. The highest BCUT2D eigenvalue weighted by atomic mass is 16.2. The van der Waals surface area contributed by atoms with Crippen LogP contribution in [0.3, 0.4) is 0 Å². The summed E-state index contributed by atoms with van der Waals surface area (Å²) in [5.41, 5.74) is 1.83. The van der Waals surface area contributed by atoms with E-state index >= 15 is 0 Å². The van der Waals surface area contributed by atoms with Gasteiger partial charge in [-0.2, -0.15) is 0 Å². The fraction of sp³-hybridized carbons (Fsp3) is 0.611. The van der Waals surface area contributed by atoms with Crippen molar-refractivity contribution in [1.29, 1.82) is 0 Å². The molecule has 1 aliphatic carbocycles. The van der Waals surface area contributed by atoms with Gasteiger partial charge in [-0.1, -0.05) is 31.9 Å². The fourth-order valence-electron chi connectivity index (χ4n) is 3.90. The first kappa shape index (κ1) is 14.4. The van der Waals surface area contributed by atoms with Gasteiger partial charge in [0.05, 0.1) is 5.56 Å². The SMILES string of the molecule is CCCNc1ccccc1C(=O)N1CCC2CCCCC21. The van der Waals surface area contributed by atoms with Crippen molar-refractivity contribution in [2.24, 2.45) is 5.92 Å². The summed E-state index contributed by atoms with van der Waals surface area (Å²) in [4.78, 5) is 15.1. The van der Waals surface area contributed by atoms with Crippen LogP contribution >= 0.6 is 0 Å². The molecule has 0 spiro atoms. The second-order valence-electron chi connectivity index (χ2n) is 6.37. The Labute approximate surface area is 127 Å². The molecule has 2 atom stereocenters. The Bertz CT molecular complexity index is 500. The zero-order valence-corrected chi connectivity index (χ0v) is 13.0. The van der Waals surface area contributed by atoms with Crippen LogP contribution in [0, 0.1) is 5.92 Å². The largest absolute Gasteiger partial charge is 0.384 e. The van der Waals surface area contributed by atoms with Gasteiger partial charge in [0.25, 0.3) is 5.91 Å². The van der Waals surface area contributed by atoms with E-state index in [4.69, 9.17) is 0 Å². The van der Waals surface area contributed by atoms with Gasteiger partial charge in [0, 0.05) is 24.8 Å². The molecule has 1 aromatic rings. The minimum atomic E-state index is 0.226. The minimum Gasteiger partial charge on any atom is -0.384 e. The molecule has 21 heavy (non-hydrogen) atoms. The van der Waals surface area contributed by atoms with E-state index in [1.807, 2.05) is 24.3 Å². The van der Waals surface area contributed by atoms with E-state index in [2.05, 4.69) is 17.1 Å². The molecular weight excluding hydrogens is 260 g/mol. The first-order chi connectivity index (χ1) is 10.3. The fourth-order valence-corrected chi connectivity index (χ4v) is 3.90. The molecule has 1 amide bonds. The van der Waals surface area contributed by atoms with Crippen LogP contribution in [0.4, 0.5) is 5.69 Å². The molecule has 0 bridgehead atoms. The summed E-state index contributed by atoms with van der Waals surface area (Å²) < 4.78 is 0. The van der Waals surface area contributed by atoms with Crippen molar-refractivity contribution in [3.8, 4) is 0 Å². The number of rotatable bonds is 4. The van der Waals surface area contributed by atoms with Crippen molar-refractivity contribution >= 4 is 11.6 Å². The Morgan fingerprint density at radius 1 is 1.24 bits per heavy atom. The summed E-state index contributed by atoms with van der Waals surface area (Å²) >= 11 is 0. The van der Waals surface area contributed by atoms with Gasteiger partial charge < -0.3 is 10.2 Å². The van der Waals surface area contributed by atoms with Crippen molar-refractivity contribution in [3.05, 3.63) is 29.8 Å². The maximum Gasteiger partial charge on any atom is 0.256 e. The van der Waals surface area contributed by atoms with E-state index in [9.17, 15) is 4.79 Å². The van der Waals surface area contributed by atoms with Crippen LogP contribution in [0.15, 0.2) is 24.3 Å². The number of para-hydroxylation sites is 1. The third-order valence-corrected chi connectivity index (χ3v) is 4.99. The summed E-state index contributed by atoms with van der Waals surface area (Å²) in [6.07, 6.45) is 7.39. The minimum absolute atomic E-state index is 0.226. The number of benzene rings is 1. The molecule has 1 aromatic carbocycles. The topological polar surface area (TPSA) is 32.3 Å². The molecule has 0 radical (unpaired) electrons. The highest BCUT2D eigenvalue weighted by molar-refractivity contribution is 6.00. The first-order valence-electron chi connectivity index (χ1n) is 8.45. The van der Waals surface area contributed by atoms with Gasteiger partial charge in [0.1, 0.15) is 0 Å². The number of hydrogen-bond donors (Lipinski definition) is 1. The van der Waals surface area contributed by atoms with Crippen LogP contribution in [0.25, 0.3) is 0 Å². The molecule has 1 N–H and O–H groups in total. The number of likely N-dealkylation sites (tertiary alicyclic amines) is 1. The Balaban J connectivity index is 1.78. The number of nitrogens with one attached hydrogen (secondary N) is 1. The zero-order valence-electron chi connectivity index (χ0n) is 13.0. The van der Waals surface area contributed by atoms with E-state index in [-0.39, 0.29) is 5.91 Å². The Hall–Kier alpha value is -1.51. The number of nitrogens with zero attached hydrogens (tertiary/aromatic N) is 1. The molecule has 2 fully saturated rings. The number of amides is 1. The van der Waals surface area contributed by atoms with Gasteiger partial charge in [-0.15, -0.1) is 0 Å². The van der Waals surface area contributed by atoms with Crippen LogP contribution < -0.4 is 5.32 Å². The molecule has 1 saturated heterocycles. The van der Waals surface area contributed by atoms with Gasteiger partial charge in [-0.3, -0.25) is 4.79 Å². The van der Waals surface area contributed by atoms with Crippen molar-refractivity contribution in [1.82, 2.24) is 4.90 Å². The van der Waals surface area contributed by atoms with Crippen molar-refractivity contribution in [3.63, 3.8) is 0 Å². The molecule has 3 heteroatoms. The van der Waals surface area contributed by atoms with Crippen LogP contribution in [-0.2, 0) is 0 Å². The quantitative estimate of drug-likeness (QED) is 0.910. The van der Waals surface area contributed by atoms with Gasteiger partial charge in [0.15, 0.2) is 0 Å². The third kappa shape index (κ3) is 2.92. The van der Waals surface area contributed by atoms with Crippen LogP contribution in [0.5, 0.6) is 0 Å². The lowest BCUT2D eigenvalue weighted by Crippen LogP contribution is -2.39. The summed E-state index contributed by atoms with van der Waals surface area (Å²) in [5, 5.41) is 3.39. The van der Waals surface area contributed by atoms with Gasteiger partial charge in [-0.05, 0) is 43.7 Å². The molecule has 3 rings (SSSR count). The number of carbonyl (C=O) groups is 1. The van der Waals surface area contributed by atoms with Crippen molar-refractivity contribution in [2.45, 2.75) is 51.5 Å². The maximum atomic E-state index is 13.0. The number of carbonyl (C=O) groups excluding carboxylic acids is 1. The first-order valence-corrected chi connectivity index (χ1v) is 8.45. The molecule has 114 valence electrons. The van der Waals surface area contributed by atoms with Gasteiger partial charge >= 0.3 is 0 Å². The molecule has 3 nitrogen and oxygen atoms in total. The molecule has 1 saturated carbocycles.